The van der Waals surface area contributed by atoms with E-state index >= 15 is 0 Å². The first kappa shape index (κ1) is 19.2. The molecule has 1 saturated heterocycles. The van der Waals surface area contributed by atoms with Crippen molar-refractivity contribution < 1.29 is 13.2 Å². The van der Waals surface area contributed by atoms with Crippen molar-refractivity contribution in [3.8, 4) is 0 Å². The number of nitrogens with zero attached hydrogens (tertiary/aromatic N) is 3. The topological polar surface area (TPSA) is 98.3 Å². The number of amides is 1. The van der Waals surface area contributed by atoms with Crippen LogP contribution in [0, 0.1) is 0 Å². The SMILES string of the molecule is CCn1c(SC(C)C(N)=O)nc2cc(S(=O)(=O)N3CCCCC3)ccc21. The number of benzene rings is 1. The van der Waals surface area contributed by atoms with Gasteiger partial charge in [-0.05, 0) is 44.9 Å². The van der Waals surface area contributed by atoms with Gasteiger partial charge in [0.15, 0.2) is 5.16 Å². The monoisotopic (exact) mass is 396 g/mol. The van der Waals surface area contributed by atoms with Gasteiger partial charge < -0.3 is 10.3 Å². The largest absolute Gasteiger partial charge is 0.369 e. The highest BCUT2D eigenvalue weighted by Gasteiger charge is 2.27. The average Bonchev–Trinajstić information content (AvgIpc) is 2.98. The van der Waals surface area contributed by atoms with Crippen LogP contribution >= 0.6 is 11.8 Å². The molecular weight excluding hydrogens is 372 g/mol. The Morgan fingerprint density at radius 3 is 2.62 bits per heavy atom. The second kappa shape index (κ2) is 7.58. The molecule has 0 radical (unpaired) electrons. The molecule has 3 rings (SSSR count). The Labute approximate surface area is 158 Å². The highest BCUT2D eigenvalue weighted by Crippen LogP contribution is 2.29. The van der Waals surface area contributed by atoms with Crippen molar-refractivity contribution in [1.82, 2.24) is 13.9 Å². The van der Waals surface area contributed by atoms with Gasteiger partial charge in [-0.3, -0.25) is 4.79 Å². The van der Waals surface area contributed by atoms with Crippen LogP contribution < -0.4 is 5.73 Å². The predicted molar refractivity (Wildman–Crippen MR) is 103 cm³/mol. The van der Waals surface area contributed by atoms with Crippen molar-refractivity contribution in [2.45, 2.75) is 55.0 Å². The molecule has 2 aromatic rings. The van der Waals surface area contributed by atoms with E-state index in [1.807, 2.05) is 11.5 Å². The fraction of sp³-hybridized carbons (Fsp3) is 0.529. The number of rotatable bonds is 6. The lowest BCUT2D eigenvalue weighted by Crippen LogP contribution is -2.35. The minimum Gasteiger partial charge on any atom is -0.369 e. The summed E-state index contributed by atoms with van der Waals surface area (Å²) in [5, 5.41) is 0.259. The summed E-state index contributed by atoms with van der Waals surface area (Å²) < 4.78 is 29.3. The number of sulfonamides is 1. The quantitative estimate of drug-likeness (QED) is 0.755. The highest BCUT2D eigenvalue weighted by molar-refractivity contribution is 8.00. The Morgan fingerprint density at radius 1 is 1.31 bits per heavy atom. The van der Waals surface area contributed by atoms with E-state index in [1.54, 1.807) is 29.4 Å². The minimum absolute atomic E-state index is 0.271. The molecule has 0 saturated carbocycles. The zero-order valence-electron chi connectivity index (χ0n) is 15.0. The van der Waals surface area contributed by atoms with E-state index in [2.05, 4.69) is 4.98 Å². The summed E-state index contributed by atoms with van der Waals surface area (Å²) in [5.74, 6) is -0.405. The number of thioether (sulfide) groups is 1. The zero-order chi connectivity index (χ0) is 18.9. The Kier molecular flexibility index (Phi) is 5.59. The third-order valence-corrected chi connectivity index (χ3v) is 7.64. The number of hydrogen-bond donors (Lipinski definition) is 1. The van der Waals surface area contributed by atoms with Crippen LogP contribution in [0.25, 0.3) is 11.0 Å². The Balaban J connectivity index is 1.99. The minimum atomic E-state index is -3.50. The normalized spacial score (nSPS) is 17.5. The summed E-state index contributed by atoms with van der Waals surface area (Å²) in [5.41, 5.74) is 6.82. The molecule has 142 valence electrons. The van der Waals surface area contributed by atoms with E-state index in [0.717, 1.165) is 24.8 Å². The molecule has 7 nitrogen and oxygen atoms in total. The molecule has 1 aliphatic rings. The summed E-state index contributed by atoms with van der Waals surface area (Å²) in [6.07, 6.45) is 2.88. The summed E-state index contributed by atoms with van der Waals surface area (Å²) in [6.45, 7) is 5.53. The second-order valence-electron chi connectivity index (χ2n) is 6.42. The fourth-order valence-corrected chi connectivity index (χ4v) is 5.59. The van der Waals surface area contributed by atoms with Crippen molar-refractivity contribution in [1.29, 1.82) is 0 Å². The van der Waals surface area contributed by atoms with Crippen molar-refractivity contribution >= 4 is 38.7 Å². The van der Waals surface area contributed by atoms with Crippen LogP contribution in [-0.2, 0) is 21.4 Å². The van der Waals surface area contributed by atoms with Crippen molar-refractivity contribution in [2.24, 2.45) is 5.73 Å². The van der Waals surface area contributed by atoms with E-state index in [4.69, 9.17) is 5.73 Å². The van der Waals surface area contributed by atoms with Crippen molar-refractivity contribution in [3.05, 3.63) is 18.2 Å². The number of primary amides is 1. The number of carbonyl (C=O) groups excluding carboxylic acids is 1. The predicted octanol–water partition coefficient (Wildman–Crippen LogP) is 2.20. The van der Waals surface area contributed by atoms with Crippen LogP contribution in [0.1, 0.15) is 33.1 Å². The lowest BCUT2D eigenvalue weighted by atomic mass is 10.2. The van der Waals surface area contributed by atoms with E-state index in [9.17, 15) is 13.2 Å². The Bertz CT molecular complexity index is 917. The summed E-state index contributed by atoms with van der Waals surface area (Å²) in [4.78, 5) is 16.2. The maximum Gasteiger partial charge on any atom is 0.243 e. The molecule has 26 heavy (non-hydrogen) atoms. The molecule has 0 spiro atoms. The molecule has 1 amide bonds. The smallest absolute Gasteiger partial charge is 0.243 e. The summed E-state index contributed by atoms with van der Waals surface area (Å²) >= 11 is 1.29. The van der Waals surface area contributed by atoms with Crippen LogP contribution in [-0.4, -0.2) is 46.5 Å². The van der Waals surface area contributed by atoms with Crippen LogP contribution in [0.2, 0.25) is 0 Å². The van der Waals surface area contributed by atoms with Gasteiger partial charge in [0.2, 0.25) is 15.9 Å². The van der Waals surface area contributed by atoms with Gasteiger partial charge in [0.1, 0.15) is 0 Å². The maximum absolute atomic E-state index is 12.9. The summed E-state index contributed by atoms with van der Waals surface area (Å²) in [7, 11) is -3.50. The van der Waals surface area contributed by atoms with E-state index in [0.29, 0.717) is 30.3 Å². The highest BCUT2D eigenvalue weighted by atomic mass is 32.2. The Morgan fingerprint density at radius 2 is 2.00 bits per heavy atom. The molecule has 9 heteroatoms. The number of aromatic nitrogens is 2. The molecule has 2 N–H and O–H groups in total. The number of hydrogen-bond acceptors (Lipinski definition) is 5. The molecule has 1 aliphatic heterocycles. The van der Waals surface area contributed by atoms with Gasteiger partial charge in [0.25, 0.3) is 0 Å². The molecule has 1 aromatic carbocycles. The van der Waals surface area contributed by atoms with E-state index < -0.39 is 21.2 Å². The third kappa shape index (κ3) is 3.60. The number of piperidine rings is 1. The number of imidazole rings is 1. The maximum atomic E-state index is 12.9. The van der Waals surface area contributed by atoms with E-state index in [1.165, 1.54) is 11.8 Å². The molecule has 1 aromatic heterocycles. The molecule has 2 heterocycles. The molecule has 1 unspecified atom stereocenters. The molecule has 0 bridgehead atoms. The number of carbonyl (C=O) groups is 1. The van der Waals surface area contributed by atoms with Gasteiger partial charge in [-0.1, -0.05) is 18.2 Å². The standard InChI is InChI=1S/C17H24N4O3S2/c1-3-21-15-8-7-13(26(23,24)20-9-5-4-6-10-20)11-14(15)19-17(21)25-12(2)16(18)22/h7-8,11-12H,3-6,9-10H2,1-2H3,(H2,18,22). The second-order valence-corrected chi connectivity index (χ2v) is 9.66. The number of nitrogens with two attached hydrogens (primary N) is 1. The first-order chi connectivity index (χ1) is 12.3. The lowest BCUT2D eigenvalue weighted by Gasteiger charge is -2.25. The summed E-state index contributed by atoms with van der Waals surface area (Å²) in [6, 6.07) is 5.07. The van der Waals surface area contributed by atoms with Gasteiger partial charge in [-0.15, -0.1) is 0 Å². The van der Waals surface area contributed by atoms with Gasteiger partial charge in [0.05, 0.1) is 21.2 Å². The zero-order valence-corrected chi connectivity index (χ0v) is 16.6. The number of fused-ring (bicyclic) bond motifs is 1. The van der Waals surface area contributed by atoms with Crippen LogP contribution in [0.3, 0.4) is 0 Å². The lowest BCUT2D eigenvalue weighted by molar-refractivity contribution is -0.117. The first-order valence-corrected chi connectivity index (χ1v) is 11.1. The Hall–Kier alpha value is -1.58. The molecular formula is C17H24N4O3S2. The third-order valence-electron chi connectivity index (χ3n) is 4.64. The van der Waals surface area contributed by atoms with Crippen LogP contribution in [0.15, 0.2) is 28.3 Å². The van der Waals surface area contributed by atoms with Crippen LogP contribution in [0.5, 0.6) is 0 Å². The number of aryl methyl sites for hydroxylation is 1. The average molecular weight is 397 g/mol. The van der Waals surface area contributed by atoms with Gasteiger partial charge >= 0.3 is 0 Å². The van der Waals surface area contributed by atoms with Gasteiger partial charge in [-0.25, -0.2) is 13.4 Å². The van der Waals surface area contributed by atoms with Gasteiger partial charge in [-0.2, -0.15) is 4.31 Å². The van der Waals surface area contributed by atoms with Gasteiger partial charge in [0, 0.05) is 19.6 Å². The molecule has 1 fully saturated rings. The van der Waals surface area contributed by atoms with Crippen molar-refractivity contribution in [3.63, 3.8) is 0 Å². The molecule has 1 atom stereocenters. The molecule has 0 aliphatic carbocycles. The first-order valence-electron chi connectivity index (χ1n) is 8.81. The van der Waals surface area contributed by atoms with E-state index in [-0.39, 0.29) is 4.90 Å². The van der Waals surface area contributed by atoms with Crippen LogP contribution in [0.4, 0.5) is 0 Å². The van der Waals surface area contributed by atoms with Crippen molar-refractivity contribution in [2.75, 3.05) is 13.1 Å². The fourth-order valence-electron chi connectivity index (χ4n) is 3.11.